The van der Waals surface area contributed by atoms with Crippen LogP contribution in [0.25, 0.3) is 0 Å². The lowest BCUT2D eigenvalue weighted by molar-refractivity contribution is 0.187. The van der Waals surface area contributed by atoms with Crippen molar-refractivity contribution in [3.63, 3.8) is 0 Å². The van der Waals surface area contributed by atoms with Gasteiger partial charge in [-0.1, -0.05) is 12.8 Å². The highest BCUT2D eigenvalue weighted by molar-refractivity contribution is 5.65. The van der Waals surface area contributed by atoms with E-state index in [4.69, 9.17) is 10.2 Å². The van der Waals surface area contributed by atoms with Gasteiger partial charge in [0.2, 0.25) is 0 Å². The highest BCUT2D eigenvalue weighted by atomic mass is 16.4. The molecule has 0 saturated carbocycles. The van der Waals surface area contributed by atoms with Crippen LogP contribution in [0.1, 0.15) is 39.5 Å². The number of unbranched alkanes of at least 4 members (excludes halogenated alkanes) is 1. The summed E-state index contributed by atoms with van der Waals surface area (Å²) in [5.41, 5.74) is 0. The van der Waals surface area contributed by atoms with Crippen molar-refractivity contribution in [2.24, 2.45) is 0 Å². The Morgan fingerprint density at radius 3 is 1.50 bits per heavy atom. The van der Waals surface area contributed by atoms with Gasteiger partial charge in [-0.3, -0.25) is 0 Å². The van der Waals surface area contributed by atoms with E-state index in [1.165, 1.54) is 0 Å². The van der Waals surface area contributed by atoms with Crippen LogP contribution in [-0.4, -0.2) is 34.5 Å². The number of carbonyl (C=O) groups is 2. The van der Waals surface area contributed by atoms with E-state index in [-0.39, 0.29) is 12.1 Å². The molecule has 0 fully saturated rings. The summed E-state index contributed by atoms with van der Waals surface area (Å²) in [4.78, 5) is 20.6. The molecule has 0 aromatic rings. The standard InChI is InChI=1S/C10H20N2O4/c1-7(11-9(13)14)5-3-4-6-8(2)12-10(15)16/h7-8,11-12H,3-6H2,1-2H3,(H,13,14)(H,15,16). The number of hydrogen-bond acceptors (Lipinski definition) is 2. The van der Waals surface area contributed by atoms with Gasteiger partial charge in [0.15, 0.2) is 0 Å². The van der Waals surface area contributed by atoms with Crippen LogP contribution in [0, 0.1) is 0 Å². The molecule has 16 heavy (non-hydrogen) atoms. The molecule has 0 aliphatic heterocycles. The van der Waals surface area contributed by atoms with E-state index in [0.29, 0.717) is 0 Å². The summed E-state index contributed by atoms with van der Waals surface area (Å²) < 4.78 is 0. The van der Waals surface area contributed by atoms with Crippen molar-refractivity contribution >= 4 is 12.2 Å². The van der Waals surface area contributed by atoms with Gasteiger partial charge in [-0.05, 0) is 26.7 Å². The molecule has 2 atom stereocenters. The molecule has 0 spiro atoms. The Morgan fingerprint density at radius 2 is 1.25 bits per heavy atom. The third-order valence-electron chi connectivity index (χ3n) is 2.26. The van der Waals surface area contributed by atoms with Crippen LogP contribution < -0.4 is 10.6 Å². The smallest absolute Gasteiger partial charge is 0.404 e. The van der Waals surface area contributed by atoms with Crippen molar-refractivity contribution in [3.8, 4) is 0 Å². The molecule has 0 aromatic carbocycles. The summed E-state index contributed by atoms with van der Waals surface area (Å²) in [6, 6.07) is -0.111. The lowest BCUT2D eigenvalue weighted by Gasteiger charge is -2.13. The maximum atomic E-state index is 10.3. The number of hydrogen-bond donors (Lipinski definition) is 4. The lowest BCUT2D eigenvalue weighted by Crippen LogP contribution is -2.32. The van der Waals surface area contributed by atoms with Crippen molar-refractivity contribution in [1.29, 1.82) is 0 Å². The SMILES string of the molecule is CC(CCCCC(C)NC(=O)O)NC(=O)O. The quantitative estimate of drug-likeness (QED) is 0.503. The molecular formula is C10H20N2O4. The second-order valence-electron chi connectivity index (χ2n) is 3.99. The second-order valence-corrected chi connectivity index (χ2v) is 3.99. The summed E-state index contributed by atoms with van der Waals surface area (Å²) in [7, 11) is 0. The Morgan fingerprint density at radius 1 is 0.938 bits per heavy atom. The average molecular weight is 232 g/mol. The van der Waals surface area contributed by atoms with Gasteiger partial charge >= 0.3 is 12.2 Å². The minimum absolute atomic E-state index is 0.0553. The van der Waals surface area contributed by atoms with Crippen molar-refractivity contribution in [1.82, 2.24) is 10.6 Å². The molecule has 0 aliphatic carbocycles. The van der Waals surface area contributed by atoms with Crippen LogP contribution in [-0.2, 0) is 0 Å². The zero-order valence-corrected chi connectivity index (χ0v) is 9.69. The molecule has 0 saturated heterocycles. The van der Waals surface area contributed by atoms with Crippen LogP contribution in [0.15, 0.2) is 0 Å². The molecule has 0 radical (unpaired) electrons. The molecule has 0 aromatic heterocycles. The zero-order valence-electron chi connectivity index (χ0n) is 9.69. The van der Waals surface area contributed by atoms with Gasteiger partial charge < -0.3 is 20.8 Å². The van der Waals surface area contributed by atoms with Gasteiger partial charge in [0.05, 0.1) is 0 Å². The first-order chi connectivity index (χ1) is 7.41. The Bertz CT molecular complexity index is 209. The molecule has 0 rings (SSSR count). The van der Waals surface area contributed by atoms with Gasteiger partial charge in [0, 0.05) is 12.1 Å². The maximum absolute atomic E-state index is 10.3. The molecule has 2 amide bonds. The topological polar surface area (TPSA) is 98.7 Å². The summed E-state index contributed by atoms with van der Waals surface area (Å²) >= 11 is 0. The fourth-order valence-corrected chi connectivity index (χ4v) is 1.47. The van der Waals surface area contributed by atoms with Gasteiger partial charge in [-0.25, -0.2) is 9.59 Å². The van der Waals surface area contributed by atoms with Gasteiger partial charge in [0.25, 0.3) is 0 Å². The third-order valence-corrected chi connectivity index (χ3v) is 2.26. The van der Waals surface area contributed by atoms with E-state index in [1.54, 1.807) is 0 Å². The minimum atomic E-state index is -1.01. The lowest BCUT2D eigenvalue weighted by atomic mass is 10.1. The van der Waals surface area contributed by atoms with E-state index in [9.17, 15) is 9.59 Å². The van der Waals surface area contributed by atoms with Crippen molar-refractivity contribution in [2.75, 3.05) is 0 Å². The number of amides is 2. The fraction of sp³-hybridized carbons (Fsp3) is 0.800. The van der Waals surface area contributed by atoms with Crippen molar-refractivity contribution in [2.45, 2.75) is 51.6 Å². The van der Waals surface area contributed by atoms with E-state index < -0.39 is 12.2 Å². The maximum Gasteiger partial charge on any atom is 0.404 e. The Labute approximate surface area is 95.0 Å². The highest BCUT2D eigenvalue weighted by Gasteiger charge is 2.07. The van der Waals surface area contributed by atoms with Crippen LogP contribution >= 0.6 is 0 Å². The summed E-state index contributed by atoms with van der Waals surface area (Å²) in [5, 5.41) is 21.6. The molecular weight excluding hydrogens is 212 g/mol. The molecule has 4 N–H and O–H groups in total. The number of nitrogens with one attached hydrogen (secondary N) is 2. The normalized spacial score (nSPS) is 13.9. The van der Waals surface area contributed by atoms with Gasteiger partial charge in [0.1, 0.15) is 0 Å². The minimum Gasteiger partial charge on any atom is -0.465 e. The molecule has 6 nitrogen and oxygen atoms in total. The highest BCUT2D eigenvalue weighted by Crippen LogP contribution is 2.05. The Balaban J connectivity index is 3.45. The van der Waals surface area contributed by atoms with E-state index >= 15 is 0 Å². The summed E-state index contributed by atoms with van der Waals surface area (Å²) in [5.74, 6) is 0. The van der Waals surface area contributed by atoms with Crippen LogP contribution in [0.4, 0.5) is 9.59 Å². The van der Waals surface area contributed by atoms with Crippen LogP contribution in [0.3, 0.4) is 0 Å². The number of rotatable bonds is 7. The van der Waals surface area contributed by atoms with Gasteiger partial charge in [-0.2, -0.15) is 0 Å². The van der Waals surface area contributed by atoms with Crippen molar-refractivity contribution in [3.05, 3.63) is 0 Å². The molecule has 6 heteroatoms. The first-order valence-electron chi connectivity index (χ1n) is 5.40. The Kier molecular flexibility index (Phi) is 7.07. The predicted octanol–water partition coefficient (Wildman–Crippen LogP) is 1.86. The first-order valence-corrected chi connectivity index (χ1v) is 5.40. The Hall–Kier alpha value is -1.46. The predicted molar refractivity (Wildman–Crippen MR) is 59.7 cm³/mol. The van der Waals surface area contributed by atoms with Gasteiger partial charge in [-0.15, -0.1) is 0 Å². The van der Waals surface area contributed by atoms with Crippen LogP contribution in [0.5, 0.6) is 0 Å². The average Bonchev–Trinajstić information content (AvgIpc) is 2.10. The van der Waals surface area contributed by atoms with Crippen molar-refractivity contribution < 1.29 is 19.8 Å². The molecule has 94 valence electrons. The monoisotopic (exact) mass is 232 g/mol. The fourth-order valence-electron chi connectivity index (χ4n) is 1.47. The van der Waals surface area contributed by atoms with E-state index in [2.05, 4.69) is 10.6 Å². The van der Waals surface area contributed by atoms with Crippen LogP contribution in [0.2, 0.25) is 0 Å². The molecule has 0 heterocycles. The summed E-state index contributed by atoms with van der Waals surface area (Å²) in [6.45, 7) is 3.63. The second kappa shape index (κ2) is 7.78. The van der Waals surface area contributed by atoms with E-state index in [1.807, 2.05) is 13.8 Å². The first kappa shape index (κ1) is 14.5. The molecule has 0 bridgehead atoms. The van der Waals surface area contributed by atoms with E-state index in [0.717, 1.165) is 25.7 Å². The zero-order chi connectivity index (χ0) is 12.6. The molecule has 2 unspecified atom stereocenters. The largest absolute Gasteiger partial charge is 0.465 e. The molecule has 0 aliphatic rings. The number of carboxylic acid groups (broad SMARTS) is 2. The summed E-state index contributed by atoms with van der Waals surface area (Å²) in [6.07, 6.45) is 1.29. The third kappa shape index (κ3) is 9.11.